The van der Waals surface area contributed by atoms with Crippen LogP contribution in [0.15, 0.2) is 18.3 Å². The number of aromatic nitrogens is 1. The zero-order chi connectivity index (χ0) is 11.5. The second-order valence-electron chi connectivity index (χ2n) is 4.34. The average molecular weight is 271 g/mol. The topological polar surface area (TPSA) is 42.0 Å². The van der Waals surface area contributed by atoms with Crippen LogP contribution in [0.4, 0.5) is 5.69 Å². The first kappa shape index (κ1) is 12.2. The Morgan fingerprint density at radius 2 is 2.20 bits per heavy atom. The van der Waals surface area contributed by atoms with Crippen molar-refractivity contribution in [3.8, 4) is 0 Å². The SMILES string of the molecule is CC(C)(C)C(=O)Nc1cccnc1CBr. The van der Waals surface area contributed by atoms with Gasteiger partial charge in [0.2, 0.25) is 5.91 Å². The van der Waals surface area contributed by atoms with Crippen molar-refractivity contribution in [3.05, 3.63) is 24.0 Å². The zero-order valence-electron chi connectivity index (χ0n) is 9.17. The Kier molecular flexibility index (Phi) is 3.85. The van der Waals surface area contributed by atoms with Crippen LogP contribution in [-0.2, 0) is 10.1 Å². The van der Waals surface area contributed by atoms with Crippen molar-refractivity contribution in [2.24, 2.45) is 5.41 Å². The standard InChI is InChI=1S/C11H15BrN2O/c1-11(2,3)10(15)14-8-5-4-6-13-9(8)7-12/h4-6H,7H2,1-3H3,(H,14,15). The lowest BCUT2D eigenvalue weighted by Gasteiger charge is -2.18. The summed E-state index contributed by atoms with van der Waals surface area (Å²) in [6.07, 6.45) is 1.71. The number of alkyl halides is 1. The van der Waals surface area contributed by atoms with Gasteiger partial charge in [-0.25, -0.2) is 0 Å². The Labute approximate surface area is 98.4 Å². The molecule has 3 nitrogen and oxygen atoms in total. The minimum absolute atomic E-state index is 0.00213. The zero-order valence-corrected chi connectivity index (χ0v) is 10.8. The molecule has 0 fully saturated rings. The van der Waals surface area contributed by atoms with E-state index in [1.54, 1.807) is 6.20 Å². The largest absolute Gasteiger partial charge is 0.324 e. The molecule has 0 atom stereocenters. The van der Waals surface area contributed by atoms with E-state index in [2.05, 4.69) is 26.2 Å². The number of anilines is 1. The molecule has 0 saturated heterocycles. The Hall–Kier alpha value is -0.900. The molecule has 0 unspecified atom stereocenters. The molecule has 0 bridgehead atoms. The molecule has 0 aliphatic carbocycles. The number of amides is 1. The number of carbonyl (C=O) groups is 1. The Balaban J connectivity index is 2.85. The summed E-state index contributed by atoms with van der Waals surface area (Å²) in [5.74, 6) is -0.00213. The monoisotopic (exact) mass is 270 g/mol. The molecular weight excluding hydrogens is 256 g/mol. The molecule has 1 rings (SSSR count). The number of pyridine rings is 1. The van der Waals surface area contributed by atoms with Crippen LogP contribution >= 0.6 is 15.9 Å². The van der Waals surface area contributed by atoms with E-state index < -0.39 is 0 Å². The lowest BCUT2D eigenvalue weighted by atomic mass is 9.95. The molecule has 4 heteroatoms. The molecule has 0 spiro atoms. The van der Waals surface area contributed by atoms with Crippen molar-refractivity contribution in [1.29, 1.82) is 0 Å². The van der Waals surface area contributed by atoms with Gasteiger partial charge in [-0.15, -0.1) is 0 Å². The molecule has 1 amide bonds. The maximum Gasteiger partial charge on any atom is 0.229 e. The quantitative estimate of drug-likeness (QED) is 0.840. The average Bonchev–Trinajstić information content (AvgIpc) is 2.17. The number of carbonyl (C=O) groups excluding carboxylic acids is 1. The van der Waals surface area contributed by atoms with Gasteiger partial charge < -0.3 is 5.32 Å². The van der Waals surface area contributed by atoms with E-state index in [-0.39, 0.29) is 11.3 Å². The Bertz CT molecular complexity index is 358. The summed E-state index contributed by atoms with van der Waals surface area (Å²) in [6, 6.07) is 3.66. The summed E-state index contributed by atoms with van der Waals surface area (Å²) in [5, 5.41) is 3.50. The highest BCUT2D eigenvalue weighted by atomic mass is 79.9. The van der Waals surface area contributed by atoms with Crippen LogP contribution in [0.3, 0.4) is 0 Å². The van der Waals surface area contributed by atoms with Crippen LogP contribution < -0.4 is 5.32 Å². The number of nitrogens with one attached hydrogen (secondary N) is 1. The lowest BCUT2D eigenvalue weighted by molar-refractivity contribution is -0.123. The summed E-state index contributed by atoms with van der Waals surface area (Å²) >= 11 is 3.33. The third-order valence-corrected chi connectivity index (χ3v) is 2.48. The van der Waals surface area contributed by atoms with Gasteiger partial charge in [0.25, 0.3) is 0 Å². The normalized spacial score (nSPS) is 11.2. The molecule has 82 valence electrons. The van der Waals surface area contributed by atoms with Crippen LogP contribution in [0.25, 0.3) is 0 Å². The molecule has 1 aromatic rings. The molecule has 0 aliphatic heterocycles. The van der Waals surface area contributed by atoms with E-state index >= 15 is 0 Å². The van der Waals surface area contributed by atoms with Crippen LogP contribution in [0.5, 0.6) is 0 Å². The first-order chi connectivity index (χ1) is 6.95. The highest BCUT2D eigenvalue weighted by Crippen LogP contribution is 2.20. The van der Waals surface area contributed by atoms with Crippen molar-refractivity contribution >= 4 is 27.5 Å². The molecule has 0 saturated carbocycles. The molecule has 15 heavy (non-hydrogen) atoms. The Morgan fingerprint density at radius 3 is 2.73 bits per heavy atom. The predicted octanol–water partition coefficient (Wildman–Crippen LogP) is 2.96. The number of hydrogen-bond acceptors (Lipinski definition) is 2. The number of nitrogens with zero attached hydrogens (tertiary/aromatic N) is 1. The van der Waals surface area contributed by atoms with Gasteiger partial charge in [0.05, 0.1) is 11.4 Å². The van der Waals surface area contributed by atoms with Crippen LogP contribution in [0.1, 0.15) is 26.5 Å². The summed E-state index contributed by atoms with van der Waals surface area (Å²) in [6.45, 7) is 5.64. The fourth-order valence-electron chi connectivity index (χ4n) is 0.968. The third-order valence-electron chi connectivity index (χ3n) is 1.95. The van der Waals surface area contributed by atoms with Gasteiger partial charge in [-0.2, -0.15) is 0 Å². The molecule has 0 radical (unpaired) electrons. The van der Waals surface area contributed by atoms with E-state index in [9.17, 15) is 4.79 Å². The number of hydrogen-bond donors (Lipinski definition) is 1. The highest BCUT2D eigenvalue weighted by Gasteiger charge is 2.21. The van der Waals surface area contributed by atoms with Gasteiger partial charge in [0.15, 0.2) is 0 Å². The van der Waals surface area contributed by atoms with Crippen molar-refractivity contribution < 1.29 is 4.79 Å². The lowest BCUT2D eigenvalue weighted by Crippen LogP contribution is -2.28. The Morgan fingerprint density at radius 1 is 1.53 bits per heavy atom. The van der Waals surface area contributed by atoms with E-state index in [1.807, 2.05) is 32.9 Å². The summed E-state index contributed by atoms with van der Waals surface area (Å²) < 4.78 is 0. The van der Waals surface area contributed by atoms with Crippen molar-refractivity contribution in [1.82, 2.24) is 4.98 Å². The van der Waals surface area contributed by atoms with Crippen LogP contribution in [0, 0.1) is 5.41 Å². The minimum atomic E-state index is -0.389. The summed E-state index contributed by atoms with van der Waals surface area (Å²) in [4.78, 5) is 15.9. The first-order valence-corrected chi connectivity index (χ1v) is 5.88. The molecule has 0 aliphatic rings. The first-order valence-electron chi connectivity index (χ1n) is 4.76. The molecule has 0 aromatic carbocycles. The second kappa shape index (κ2) is 4.75. The van der Waals surface area contributed by atoms with Gasteiger partial charge in [0.1, 0.15) is 0 Å². The van der Waals surface area contributed by atoms with Crippen LogP contribution in [0.2, 0.25) is 0 Å². The van der Waals surface area contributed by atoms with Gasteiger partial charge >= 0.3 is 0 Å². The number of rotatable bonds is 2. The number of halogens is 1. The van der Waals surface area contributed by atoms with Gasteiger partial charge in [0, 0.05) is 16.9 Å². The van der Waals surface area contributed by atoms with Gasteiger partial charge in [-0.1, -0.05) is 36.7 Å². The van der Waals surface area contributed by atoms with Gasteiger partial charge in [-0.3, -0.25) is 9.78 Å². The smallest absolute Gasteiger partial charge is 0.229 e. The molecule has 1 aromatic heterocycles. The van der Waals surface area contributed by atoms with Crippen molar-refractivity contribution in [3.63, 3.8) is 0 Å². The maximum absolute atomic E-state index is 11.7. The van der Waals surface area contributed by atoms with E-state index in [1.165, 1.54) is 0 Å². The predicted molar refractivity (Wildman–Crippen MR) is 65.0 cm³/mol. The second-order valence-corrected chi connectivity index (χ2v) is 4.90. The van der Waals surface area contributed by atoms with E-state index in [0.717, 1.165) is 11.4 Å². The summed E-state index contributed by atoms with van der Waals surface area (Å²) in [7, 11) is 0. The molecule has 1 heterocycles. The fraction of sp³-hybridized carbons (Fsp3) is 0.455. The highest BCUT2D eigenvalue weighted by molar-refractivity contribution is 9.08. The van der Waals surface area contributed by atoms with E-state index in [0.29, 0.717) is 5.33 Å². The third kappa shape index (κ3) is 3.30. The van der Waals surface area contributed by atoms with Crippen molar-refractivity contribution in [2.75, 3.05) is 5.32 Å². The van der Waals surface area contributed by atoms with Gasteiger partial charge in [-0.05, 0) is 12.1 Å². The fourth-order valence-corrected chi connectivity index (χ4v) is 1.41. The van der Waals surface area contributed by atoms with Crippen LogP contribution in [-0.4, -0.2) is 10.9 Å². The van der Waals surface area contributed by atoms with Crippen molar-refractivity contribution in [2.45, 2.75) is 26.1 Å². The maximum atomic E-state index is 11.7. The molecule has 1 N–H and O–H groups in total. The minimum Gasteiger partial charge on any atom is -0.324 e. The van der Waals surface area contributed by atoms with E-state index in [4.69, 9.17) is 0 Å². The summed E-state index contributed by atoms with van der Waals surface area (Å²) in [5.41, 5.74) is 1.23. The molecular formula is C11H15BrN2O.